The largest absolute Gasteiger partial charge is 0.497 e. The fraction of sp³-hybridized carbons (Fsp3) is 0.263. The highest BCUT2D eigenvalue weighted by molar-refractivity contribution is 6.31. The molecule has 0 saturated carbocycles. The van der Waals surface area contributed by atoms with Crippen molar-refractivity contribution in [2.24, 2.45) is 0 Å². The number of rotatable bonds is 7. The quantitative estimate of drug-likeness (QED) is 0.748. The smallest absolute Gasteiger partial charge is 0.307 e. The molecule has 138 valence electrons. The van der Waals surface area contributed by atoms with E-state index in [1.54, 1.807) is 31.4 Å². The van der Waals surface area contributed by atoms with Gasteiger partial charge in [-0.1, -0.05) is 29.8 Å². The minimum atomic E-state index is -0.619. The first-order chi connectivity index (χ1) is 12.4. The van der Waals surface area contributed by atoms with Crippen LogP contribution in [0.15, 0.2) is 42.5 Å². The number of benzene rings is 2. The van der Waals surface area contributed by atoms with Gasteiger partial charge in [0.15, 0.2) is 0 Å². The van der Waals surface area contributed by atoms with Crippen molar-refractivity contribution >= 4 is 23.5 Å². The fourth-order valence-corrected chi connectivity index (χ4v) is 2.68. The van der Waals surface area contributed by atoms with Crippen molar-refractivity contribution in [3.8, 4) is 5.75 Å². The van der Waals surface area contributed by atoms with Gasteiger partial charge in [0.1, 0.15) is 11.6 Å². The molecule has 1 N–H and O–H groups in total. The summed E-state index contributed by atoms with van der Waals surface area (Å²) in [5.41, 5.74) is 0.808. The Balaban J connectivity index is 2.17. The number of hydrogen-bond donors (Lipinski definition) is 1. The van der Waals surface area contributed by atoms with Crippen LogP contribution >= 0.6 is 11.6 Å². The summed E-state index contributed by atoms with van der Waals surface area (Å²) in [7, 11) is 2.81. The first kappa shape index (κ1) is 19.7. The van der Waals surface area contributed by atoms with E-state index < -0.39 is 23.7 Å². The fourth-order valence-electron chi connectivity index (χ4n) is 2.45. The molecule has 26 heavy (non-hydrogen) atoms. The molecule has 0 spiro atoms. The molecule has 0 fully saturated rings. The van der Waals surface area contributed by atoms with E-state index in [0.29, 0.717) is 11.3 Å². The molecule has 2 rings (SSSR count). The van der Waals surface area contributed by atoms with Gasteiger partial charge in [-0.2, -0.15) is 0 Å². The molecule has 0 saturated heterocycles. The van der Waals surface area contributed by atoms with E-state index in [9.17, 15) is 14.0 Å². The second-order valence-electron chi connectivity index (χ2n) is 5.55. The van der Waals surface area contributed by atoms with Crippen LogP contribution < -0.4 is 10.1 Å². The van der Waals surface area contributed by atoms with E-state index in [1.165, 1.54) is 25.3 Å². The lowest BCUT2D eigenvalue weighted by atomic mass is 10.0. The average molecular weight is 380 g/mol. The lowest BCUT2D eigenvalue weighted by molar-refractivity contribution is -0.141. The molecule has 2 aromatic rings. The third kappa shape index (κ3) is 5.20. The predicted molar refractivity (Wildman–Crippen MR) is 95.6 cm³/mol. The van der Waals surface area contributed by atoms with Gasteiger partial charge in [-0.3, -0.25) is 9.59 Å². The Hall–Kier alpha value is -2.60. The molecule has 0 aromatic heterocycles. The van der Waals surface area contributed by atoms with E-state index in [0.717, 1.165) is 0 Å². The topological polar surface area (TPSA) is 64.6 Å². The number of carbonyl (C=O) groups is 2. The van der Waals surface area contributed by atoms with Crippen LogP contribution in [0.2, 0.25) is 5.02 Å². The summed E-state index contributed by atoms with van der Waals surface area (Å²) < 4.78 is 23.7. The van der Waals surface area contributed by atoms with Crippen molar-refractivity contribution in [1.82, 2.24) is 5.32 Å². The molecular formula is C19H19ClFNO4. The van der Waals surface area contributed by atoms with Crippen LogP contribution in [0.5, 0.6) is 5.75 Å². The summed E-state index contributed by atoms with van der Waals surface area (Å²) in [5, 5.41) is 2.91. The van der Waals surface area contributed by atoms with Crippen LogP contribution in [0.25, 0.3) is 0 Å². The molecule has 2 aromatic carbocycles. The summed E-state index contributed by atoms with van der Waals surface area (Å²) in [4.78, 5) is 24.1. The van der Waals surface area contributed by atoms with Crippen molar-refractivity contribution < 1.29 is 23.5 Å². The van der Waals surface area contributed by atoms with Gasteiger partial charge in [-0.15, -0.1) is 0 Å². The van der Waals surface area contributed by atoms with E-state index >= 15 is 0 Å². The molecule has 1 unspecified atom stereocenters. The Kier molecular flexibility index (Phi) is 6.97. The molecule has 0 heterocycles. The maximum absolute atomic E-state index is 13.9. The number of hydrogen-bond acceptors (Lipinski definition) is 4. The molecule has 0 bridgehead atoms. The van der Waals surface area contributed by atoms with Crippen LogP contribution in [0.3, 0.4) is 0 Å². The van der Waals surface area contributed by atoms with Crippen LogP contribution in [-0.4, -0.2) is 26.1 Å². The lowest BCUT2D eigenvalue weighted by Crippen LogP contribution is -2.32. The van der Waals surface area contributed by atoms with Crippen molar-refractivity contribution in [3.63, 3.8) is 0 Å². The number of halogens is 2. The molecule has 0 aliphatic carbocycles. The third-order valence-corrected chi connectivity index (χ3v) is 4.20. The Labute approximate surface area is 156 Å². The number of methoxy groups -OCH3 is 2. The molecule has 0 aliphatic rings. The highest BCUT2D eigenvalue weighted by atomic mass is 35.5. The number of esters is 1. The zero-order valence-corrected chi connectivity index (χ0v) is 15.2. The average Bonchev–Trinajstić information content (AvgIpc) is 2.64. The van der Waals surface area contributed by atoms with Crippen LogP contribution in [0.4, 0.5) is 4.39 Å². The first-order valence-electron chi connectivity index (χ1n) is 7.87. The van der Waals surface area contributed by atoms with Gasteiger partial charge in [0.2, 0.25) is 5.91 Å². The second-order valence-corrected chi connectivity index (χ2v) is 5.96. The first-order valence-corrected chi connectivity index (χ1v) is 8.25. The van der Waals surface area contributed by atoms with Crippen molar-refractivity contribution in [1.29, 1.82) is 0 Å². The standard InChI is InChI=1S/C19H19ClFNO4/c1-25-13-8-6-12(7-9-13)17(11-19(24)26-2)22-18(23)10-14-15(20)4-3-5-16(14)21/h3-9,17H,10-11H2,1-2H3,(H,22,23). The third-order valence-electron chi connectivity index (χ3n) is 3.85. The predicted octanol–water partition coefficient (Wildman–Crippen LogP) is 3.45. The number of ether oxygens (including phenoxy) is 2. The van der Waals surface area contributed by atoms with Crippen molar-refractivity contribution in [3.05, 3.63) is 64.4 Å². The summed E-state index contributed by atoms with van der Waals surface area (Å²) in [6.07, 6.45) is -0.293. The van der Waals surface area contributed by atoms with Gasteiger partial charge in [-0.05, 0) is 29.8 Å². The normalized spacial score (nSPS) is 11.5. The van der Waals surface area contributed by atoms with Gasteiger partial charge in [0, 0.05) is 10.6 Å². The molecule has 0 aliphatic heterocycles. The summed E-state index contributed by atoms with van der Waals surface area (Å²) in [6, 6.07) is 10.5. The molecule has 5 nitrogen and oxygen atoms in total. The van der Waals surface area contributed by atoms with Crippen LogP contribution in [0, 0.1) is 5.82 Å². The van der Waals surface area contributed by atoms with Gasteiger partial charge in [0.25, 0.3) is 0 Å². The van der Waals surface area contributed by atoms with Crippen LogP contribution in [-0.2, 0) is 20.7 Å². The number of carbonyl (C=O) groups excluding carboxylic acids is 2. The molecule has 1 amide bonds. The highest BCUT2D eigenvalue weighted by Crippen LogP contribution is 2.23. The minimum absolute atomic E-state index is 0.0560. The Morgan fingerprint density at radius 1 is 1.15 bits per heavy atom. The lowest BCUT2D eigenvalue weighted by Gasteiger charge is -2.19. The van der Waals surface area contributed by atoms with Crippen molar-refractivity contribution in [2.75, 3.05) is 14.2 Å². The van der Waals surface area contributed by atoms with Gasteiger partial charge in [-0.25, -0.2) is 4.39 Å². The summed E-state index contributed by atoms with van der Waals surface area (Å²) in [5.74, 6) is -0.839. The number of amides is 1. The van der Waals surface area contributed by atoms with Crippen LogP contribution in [0.1, 0.15) is 23.6 Å². The Bertz CT molecular complexity index is 759. The van der Waals surface area contributed by atoms with E-state index in [-0.39, 0.29) is 23.4 Å². The van der Waals surface area contributed by atoms with Crippen molar-refractivity contribution in [2.45, 2.75) is 18.9 Å². The monoisotopic (exact) mass is 379 g/mol. The van der Waals surface area contributed by atoms with E-state index in [1.807, 2.05) is 0 Å². The number of nitrogens with one attached hydrogen (secondary N) is 1. The molecule has 7 heteroatoms. The second kappa shape index (κ2) is 9.20. The summed E-state index contributed by atoms with van der Waals surface area (Å²) >= 11 is 5.96. The maximum Gasteiger partial charge on any atom is 0.307 e. The van der Waals surface area contributed by atoms with Gasteiger partial charge < -0.3 is 14.8 Å². The highest BCUT2D eigenvalue weighted by Gasteiger charge is 2.20. The molecular weight excluding hydrogens is 361 g/mol. The summed E-state index contributed by atoms with van der Waals surface area (Å²) in [6.45, 7) is 0. The molecule has 0 radical (unpaired) electrons. The minimum Gasteiger partial charge on any atom is -0.497 e. The Morgan fingerprint density at radius 2 is 1.85 bits per heavy atom. The zero-order chi connectivity index (χ0) is 19.1. The van der Waals surface area contributed by atoms with E-state index in [4.69, 9.17) is 16.3 Å². The van der Waals surface area contributed by atoms with Gasteiger partial charge >= 0.3 is 5.97 Å². The zero-order valence-electron chi connectivity index (χ0n) is 14.4. The Morgan fingerprint density at radius 3 is 2.42 bits per heavy atom. The molecule has 1 atom stereocenters. The SMILES string of the molecule is COC(=O)CC(NC(=O)Cc1c(F)cccc1Cl)c1ccc(OC)cc1. The maximum atomic E-state index is 13.9. The van der Waals surface area contributed by atoms with E-state index in [2.05, 4.69) is 10.1 Å². The van der Waals surface area contributed by atoms with Gasteiger partial charge in [0.05, 0.1) is 33.1 Å².